The molecule has 0 atom stereocenters. The number of ether oxygens (including phenoxy) is 2. The number of amides is 1. The van der Waals surface area contributed by atoms with Gasteiger partial charge in [0.15, 0.2) is 11.6 Å². The first-order valence-corrected chi connectivity index (χ1v) is 9.12. The fraction of sp³-hybridized carbons (Fsp3) is 0.188. The number of nitrogens with one attached hydrogen (secondary N) is 1. The SMILES string of the molecule is CS(=O)(=O)NC(=O)c1cc(F)c(OCc2cccc(OC(F)F)c2)cc1F. The topological polar surface area (TPSA) is 81.7 Å². The molecule has 0 saturated heterocycles. The average Bonchev–Trinajstić information content (AvgIpc) is 2.53. The summed E-state index contributed by atoms with van der Waals surface area (Å²) in [6.07, 6.45) is 0.683. The van der Waals surface area contributed by atoms with Crippen molar-refractivity contribution in [3.8, 4) is 11.5 Å². The van der Waals surface area contributed by atoms with Gasteiger partial charge in [0.1, 0.15) is 18.2 Å². The Morgan fingerprint density at radius 2 is 1.85 bits per heavy atom. The molecule has 27 heavy (non-hydrogen) atoms. The highest BCUT2D eigenvalue weighted by Crippen LogP contribution is 2.24. The molecule has 2 rings (SSSR count). The van der Waals surface area contributed by atoms with Gasteiger partial charge in [0.2, 0.25) is 10.0 Å². The molecule has 0 aliphatic carbocycles. The van der Waals surface area contributed by atoms with Gasteiger partial charge >= 0.3 is 6.61 Å². The van der Waals surface area contributed by atoms with E-state index in [-0.39, 0.29) is 12.4 Å². The number of hydrogen-bond acceptors (Lipinski definition) is 5. The van der Waals surface area contributed by atoms with Crippen molar-refractivity contribution in [2.45, 2.75) is 13.2 Å². The molecule has 0 saturated carbocycles. The van der Waals surface area contributed by atoms with Crippen molar-refractivity contribution in [1.82, 2.24) is 4.72 Å². The predicted molar refractivity (Wildman–Crippen MR) is 86.1 cm³/mol. The van der Waals surface area contributed by atoms with Crippen LogP contribution in [0.25, 0.3) is 0 Å². The van der Waals surface area contributed by atoms with Crippen molar-refractivity contribution in [2.24, 2.45) is 0 Å². The minimum absolute atomic E-state index is 0.134. The molecule has 2 aromatic rings. The van der Waals surface area contributed by atoms with Crippen LogP contribution < -0.4 is 14.2 Å². The first-order chi connectivity index (χ1) is 12.5. The molecule has 0 unspecified atom stereocenters. The van der Waals surface area contributed by atoms with Crippen LogP contribution in [0.1, 0.15) is 15.9 Å². The fourth-order valence-corrected chi connectivity index (χ4v) is 2.46. The lowest BCUT2D eigenvalue weighted by Gasteiger charge is -2.11. The molecule has 0 aliphatic rings. The van der Waals surface area contributed by atoms with Gasteiger partial charge in [0.05, 0.1) is 11.8 Å². The number of rotatable bonds is 7. The number of carbonyl (C=O) groups is 1. The van der Waals surface area contributed by atoms with Gasteiger partial charge in [-0.2, -0.15) is 8.78 Å². The summed E-state index contributed by atoms with van der Waals surface area (Å²) in [5.74, 6) is -4.34. The van der Waals surface area contributed by atoms with Crippen LogP contribution in [0.2, 0.25) is 0 Å². The second kappa shape index (κ2) is 8.25. The smallest absolute Gasteiger partial charge is 0.387 e. The maximum absolute atomic E-state index is 14.0. The number of hydrogen-bond donors (Lipinski definition) is 1. The highest BCUT2D eigenvalue weighted by atomic mass is 32.2. The molecule has 11 heteroatoms. The molecule has 0 spiro atoms. The van der Waals surface area contributed by atoms with Crippen LogP contribution in [0.5, 0.6) is 11.5 Å². The van der Waals surface area contributed by atoms with Crippen LogP contribution in [0.3, 0.4) is 0 Å². The van der Waals surface area contributed by atoms with Gasteiger partial charge in [-0.15, -0.1) is 0 Å². The Hall–Kier alpha value is -2.82. The zero-order chi connectivity index (χ0) is 20.2. The van der Waals surface area contributed by atoms with E-state index in [2.05, 4.69) is 4.74 Å². The lowest BCUT2D eigenvalue weighted by atomic mass is 10.2. The molecule has 0 heterocycles. The third-order valence-corrected chi connectivity index (χ3v) is 3.62. The third kappa shape index (κ3) is 6.13. The summed E-state index contributed by atoms with van der Waals surface area (Å²) in [5, 5.41) is 0. The molecule has 1 amide bonds. The van der Waals surface area contributed by atoms with Crippen LogP contribution in [0.4, 0.5) is 17.6 Å². The van der Waals surface area contributed by atoms with Gasteiger partial charge in [-0.05, 0) is 23.8 Å². The van der Waals surface area contributed by atoms with Crippen LogP contribution >= 0.6 is 0 Å². The Morgan fingerprint density at radius 1 is 1.15 bits per heavy atom. The van der Waals surface area contributed by atoms with Crippen molar-refractivity contribution in [3.05, 3.63) is 59.2 Å². The minimum atomic E-state index is -3.96. The Balaban J connectivity index is 2.14. The van der Waals surface area contributed by atoms with Crippen molar-refractivity contribution >= 4 is 15.9 Å². The lowest BCUT2D eigenvalue weighted by molar-refractivity contribution is -0.0499. The second-order valence-electron chi connectivity index (χ2n) is 5.28. The quantitative estimate of drug-likeness (QED) is 0.714. The average molecular weight is 407 g/mol. The first kappa shape index (κ1) is 20.5. The lowest BCUT2D eigenvalue weighted by Crippen LogP contribution is -2.30. The van der Waals surface area contributed by atoms with E-state index in [1.165, 1.54) is 29.0 Å². The Bertz CT molecular complexity index is 950. The number of sulfonamides is 1. The normalized spacial score (nSPS) is 11.3. The van der Waals surface area contributed by atoms with Crippen molar-refractivity contribution in [2.75, 3.05) is 6.26 Å². The molecule has 146 valence electrons. The van der Waals surface area contributed by atoms with Crippen LogP contribution in [-0.2, 0) is 16.6 Å². The van der Waals surface area contributed by atoms with Gasteiger partial charge in [-0.1, -0.05) is 12.1 Å². The highest BCUT2D eigenvalue weighted by molar-refractivity contribution is 7.89. The zero-order valence-electron chi connectivity index (χ0n) is 13.7. The maximum Gasteiger partial charge on any atom is 0.387 e. The summed E-state index contributed by atoms with van der Waals surface area (Å²) >= 11 is 0. The molecule has 0 aromatic heterocycles. The van der Waals surface area contributed by atoms with Crippen molar-refractivity contribution < 1.29 is 40.2 Å². The summed E-state index contributed by atoms with van der Waals surface area (Å²) in [5.41, 5.74) is -0.482. The van der Waals surface area contributed by atoms with E-state index < -0.39 is 45.5 Å². The summed E-state index contributed by atoms with van der Waals surface area (Å²) in [7, 11) is -3.96. The van der Waals surface area contributed by atoms with E-state index in [0.717, 1.165) is 0 Å². The molecule has 2 aromatic carbocycles. The highest BCUT2D eigenvalue weighted by Gasteiger charge is 2.19. The van der Waals surface area contributed by atoms with Crippen LogP contribution in [0.15, 0.2) is 36.4 Å². The molecule has 0 radical (unpaired) electrons. The zero-order valence-corrected chi connectivity index (χ0v) is 14.5. The maximum atomic E-state index is 14.0. The Morgan fingerprint density at radius 3 is 2.48 bits per heavy atom. The van der Waals surface area contributed by atoms with Gasteiger partial charge in [-0.25, -0.2) is 21.9 Å². The van der Waals surface area contributed by atoms with E-state index in [4.69, 9.17) is 4.74 Å². The van der Waals surface area contributed by atoms with Gasteiger partial charge in [0.25, 0.3) is 5.91 Å². The summed E-state index contributed by atoms with van der Waals surface area (Å²) in [4.78, 5) is 11.6. The molecule has 6 nitrogen and oxygen atoms in total. The summed E-state index contributed by atoms with van der Waals surface area (Å²) in [6.45, 7) is -3.32. The van der Waals surface area contributed by atoms with Crippen molar-refractivity contribution in [1.29, 1.82) is 0 Å². The molecular weight excluding hydrogens is 394 g/mol. The molecule has 0 bridgehead atoms. The molecule has 1 N–H and O–H groups in total. The second-order valence-corrected chi connectivity index (χ2v) is 7.03. The van der Waals surface area contributed by atoms with Gasteiger partial charge in [-0.3, -0.25) is 4.79 Å². The largest absolute Gasteiger partial charge is 0.486 e. The van der Waals surface area contributed by atoms with Crippen LogP contribution in [0, 0.1) is 11.6 Å². The van der Waals surface area contributed by atoms with E-state index in [1.54, 1.807) is 0 Å². The number of carbonyl (C=O) groups excluding carboxylic acids is 1. The summed E-state index contributed by atoms with van der Waals surface area (Å²) in [6, 6.07) is 6.47. The van der Waals surface area contributed by atoms with E-state index in [1.807, 2.05) is 0 Å². The minimum Gasteiger partial charge on any atom is -0.486 e. The molecular formula is C16H13F4NO5S. The standard InChI is InChI=1S/C16H13F4NO5S/c1-27(23,24)21-15(22)11-6-13(18)14(7-12(11)17)25-8-9-3-2-4-10(5-9)26-16(19)20/h2-7,16H,8H2,1H3,(H,21,22). The monoisotopic (exact) mass is 407 g/mol. The van der Waals surface area contributed by atoms with E-state index in [0.29, 0.717) is 24.0 Å². The number of benzene rings is 2. The summed E-state index contributed by atoms with van der Waals surface area (Å²) < 4.78 is 85.2. The Kier molecular flexibility index (Phi) is 6.26. The molecule has 0 fully saturated rings. The van der Waals surface area contributed by atoms with E-state index in [9.17, 15) is 30.8 Å². The number of halogens is 4. The first-order valence-electron chi connectivity index (χ1n) is 7.23. The third-order valence-electron chi connectivity index (χ3n) is 3.06. The van der Waals surface area contributed by atoms with Gasteiger partial charge < -0.3 is 9.47 Å². The van der Waals surface area contributed by atoms with Crippen molar-refractivity contribution in [3.63, 3.8) is 0 Å². The van der Waals surface area contributed by atoms with Gasteiger partial charge in [0, 0.05) is 6.07 Å². The number of alkyl halides is 2. The van der Waals surface area contributed by atoms with E-state index >= 15 is 0 Å². The van der Waals surface area contributed by atoms with Crippen LogP contribution in [-0.4, -0.2) is 27.2 Å². The Labute approximate surface area is 151 Å². The predicted octanol–water partition coefficient (Wildman–Crippen LogP) is 2.83. The fourth-order valence-electron chi connectivity index (χ4n) is 2.01. The molecule has 0 aliphatic heterocycles.